The number of carbonyl (C=O) groups is 2. The Morgan fingerprint density at radius 1 is 1.00 bits per heavy atom. The van der Waals surface area contributed by atoms with E-state index >= 15 is 0 Å². The number of amides is 1. The first-order valence-corrected chi connectivity index (χ1v) is 12.9. The van der Waals surface area contributed by atoms with Crippen molar-refractivity contribution in [2.45, 2.75) is 45.7 Å². The average molecular weight is 534 g/mol. The number of Topliss-reactive ketones (excluding diaryl/α,β-unsaturated/α-hetero) is 1. The Bertz CT molecular complexity index is 1370. The van der Waals surface area contributed by atoms with Crippen LogP contribution in [0.2, 0.25) is 5.02 Å². The molecule has 1 heterocycles. The predicted octanol–water partition coefficient (Wildman–Crippen LogP) is 6.67. The van der Waals surface area contributed by atoms with Gasteiger partial charge in [-0.15, -0.1) is 0 Å². The van der Waals surface area contributed by atoms with Gasteiger partial charge in [-0.3, -0.25) is 9.59 Å². The average Bonchev–Trinajstić information content (AvgIpc) is 3.14. The van der Waals surface area contributed by atoms with Crippen LogP contribution in [0.1, 0.15) is 56.0 Å². The van der Waals surface area contributed by atoms with Gasteiger partial charge < -0.3 is 19.5 Å². The van der Waals surface area contributed by atoms with E-state index in [1.54, 1.807) is 55.6 Å². The number of methoxy groups -OCH3 is 1. The number of hydrogen-bond donors (Lipinski definition) is 1. The van der Waals surface area contributed by atoms with Crippen molar-refractivity contribution in [1.82, 2.24) is 4.90 Å². The van der Waals surface area contributed by atoms with E-state index in [2.05, 4.69) is 20.8 Å². The van der Waals surface area contributed by atoms with Crippen molar-refractivity contribution < 1.29 is 24.2 Å². The molecule has 1 N–H and O–H groups in total. The summed E-state index contributed by atoms with van der Waals surface area (Å²) in [6, 6.07) is 18.8. The van der Waals surface area contributed by atoms with Crippen LogP contribution in [0, 0.1) is 0 Å². The molecule has 4 rings (SSSR count). The number of likely N-dealkylation sites (tertiary alicyclic amines) is 1. The molecule has 7 heteroatoms. The highest BCUT2D eigenvalue weighted by molar-refractivity contribution is 6.46. The summed E-state index contributed by atoms with van der Waals surface area (Å²) in [4.78, 5) is 28.3. The minimum atomic E-state index is -0.793. The van der Waals surface area contributed by atoms with Gasteiger partial charge in [0.1, 0.15) is 17.3 Å². The Hall–Kier alpha value is -3.77. The smallest absolute Gasteiger partial charge is 0.295 e. The van der Waals surface area contributed by atoms with Gasteiger partial charge in [0, 0.05) is 22.7 Å². The first kappa shape index (κ1) is 27.3. The number of nitrogens with zero attached hydrogens (tertiary/aromatic N) is 1. The van der Waals surface area contributed by atoms with E-state index in [9.17, 15) is 14.7 Å². The number of rotatable bonds is 7. The number of ether oxygens (including phenoxy) is 2. The third kappa shape index (κ3) is 5.41. The van der Waals surface area contributed by atoms with Gasteiger partial charge in [-0.05, 0) is 65.9 Å². The Morgan fingerprint density at radius 3 is 2.24 bits per heavy atom. The Morgan fingerprint density at radius 2 is 1.66 bits per heavy atom. The number of ketones is 1. The lowest BCUT2D eigenvalue weighted by Gasteiger charge is -2.26. The van der Waals surface area contributed by atoms with E-state index in [0.717, 1.165) is 11.1 Å². The molecule has 0 aliphatic carbocycles. The van der Waals surface area contributed by atoms with Crippen LogP contribution >= 0.6 is 11.6 Å². The molecule has 1 amide bonds. The lowest BCUT2D eigenvalue weighted by molar-refractivity contribution is -0.140. The number of aliphatic hydroxyl groups is 1. The third-order valence-electron chi connectivity index (χ3n) is 6.60. The third-order valence-corrected chi connectivity index (χ3v) is 6.85. The van der Waals surface area contributed by atoms with Gasteiger partial charge in [-0.25, -0.2) is 0 Å². The summed E-state index contributed by atoms with van der Waals surface area (Å²) in [6.07, 6.45) is 0. The first-order chi connectivity index (χ1) is 18.0. The standard InChI is InChI=1S/C31H32ClNO5/c1-6-38-25-16-11-21(17-24(25)31(2,3)4)28(34)26-27(20-9-12-22(32)13-10-20)33(30(36)29(26)35)18-19-7-14-23(37-5)15-8-19/h7-17,27,34H,6,18H2,1-5H3/b28-26-. The van der Waals surface area contributed by atoms with Crippen LogP contribution in [0.5, 0.6) is 11.5 Å². The maximum Gasteiger partial charge on any atom is 0.295 e. The second-order valence-corrected chi connectivity index (χ2v) is 10.7. The summed E-state index contributed by atoms with van der Waals surface area (Å²) in [5.74, 6) is -0.235. The minimum Gasteiger partial charge on any atom is -0.507 e. The van der Waals surface area contributed by atoms with Crippen LogP contribution in [-0.2, 0) is 21.5 Å². The predicted molar refractivity (Wildman–Crippen MR) is 149 cm³/mol. The zero-order valence-electron chi connectivity index (χ0n) is 22.2. The summed E-state index contributed by atoms with van der Waals surface area (Å²) < 4.78 is 11.1. The molecule has 3 aromatic rings. The van der Waals surface area contributed by atoms with E-state index in [1.165, 1.54) is 4.90 Å². The molecule has 1 aliphatic heterocycles. The summed E-state index contributed by atoms with van der Waals surface area (Å²) in [5.41, 5.74) is 2.58. The fourth-order valence-corrected chi connectivity index (χ4v) is 4.79. The molecule has 0 saturated carbocycles. The van der Waals surface area contributed by atoms with Gasteiger partial charge in [0.05, 0.1) is 25.3 Å². The topological polar surface area (TPSA) is 76.1 Å². The van der Waals surface area contributed by atoms with Crippen LogP contribution in [0.15, 0.2) is 72.3 Å². The fraction of sp³-hybridized carbons (Fsp3) is 0.290. The number of halogens is 1. The van der Waals surface area contributed by atoms with Crippen molar-refractivity contribution >= 4 is 29.1 Å². The summed E-state index contributed by atoms with van der Waals surface area (Å²) in [6.45, 7) is 8.75. The molecule has 38 heavy (non-hydrogen) atoms. The molecule has 0 radical (unpaired) electrons. The lowest BCUT2D eigenvalue weighted by atomic mass is 9.84. The van der Waals surface area contributed by atoms with Crippen LogP contribution in [-0.4, -0.2) is 35.4 Å². The van der Waals surface area contributed by atoms with Crippen molar-refractivity contribution in [3.8, 4) is 11.5 Å². The molecule has 1 saturated heterocycles. The van der Waals surface area contributed by atoms with Crippen molar-refractivity contribution in [1.29, 1.82) is 0 Å². The Labute approximate surface area is 228 Å². The van der Waals surface area contributed by atoms with Crippen LogP contribution < -0.4 is 9.47 Å². The molecule has 1 unspecified atom stereocenters. The second kappa shape index (κ2) is 10.9. The van der Waals surface area contributed by atoms with Crippen molar-refractivity contribution in [2.75, 3.05) is 13.7 Å². The molecular formula is C31H32ClNO5. The fourth-order valence-electron chi connectivity index (χ4n) is 4.66. The van der Waals surface area contributed by atoms with E-state index in [-0.39, 0.29) is 23.3 Å². The monoisotopic (exact) mass is 533 g/mol. The van der Waals surface area contributed by atoms with E-state index in [4.69, 9.17) is 21.1 Å². The maximum absolute atomic E-state index is 13.4. The van der Waals surface area contributed by atoms with Gasteiger partial charge in [-0.1, -0.05) is 56.6 Å². The Kier molecular flexibility index (Phi) is 7.83. The van der Waals surface area contributed by atoms with Gasteiger partial charge in [0.15, 0.2) is 0 Å². The molecule has 0 spiro atoms. The molecule has 6 nitrogen and oxygen atoms in total. The molecule has 0 bridgehead atoms. The summed E-state index contributed by atoms with van der Waals surface area (Å²) in [7, 11) is 1.58. The van der Waals surface area contributed by atoms with Gasteiger partial charge in [-0.2, -0.15) is 0 Å². The Balaban J connectivity index is 1.86. The van der Waals surface area contributed by atoms with Gasteiger partial charge >= 0.3 is 0 Å². The zero-order chi connectivity index (χ0) is 27.6. The summed E-state index contributed by atoms with van der Waals surface area (Å²) >= 11 is 6.13. The molecule has 0 aromatic heterocycles. The van der Waals surface area contributed by atoms with Crippen molar-refractivity contribution in [3.63, 3.8) is 0 Å². The molecule has 3 aromatic carbocycles. The highest BCUT2D eigenvalue weighted by Crippen LogP contribution is 2.42. The molecule has 1 atom stereocenters. The highest BCUT2D eigenvalue weighted by Gasteiger charge is 2.46. The van der Waals surface area contributed by atoms with Crippen LogP contribution in [0.3, 0.4) is 0 Å². The normalized spacial score (nSPS) is 17.1. The SMILES string of the molecule is CCOc1ccc(/C(O)=C2/C(=O)C(=O)N(Cc3ccc(OC)cc3)C2c2ccc(Cl)cc2)cc1C(C)(C)C. The highest BCUT2D eigenvalue weighted by atomic mass is 35.5. The maximum atomic E-state index is 13.4. The molecule has 198 valence electrons. The van der Waals surface area contributed by atoms with E-state index in [1.807, 2.05) is 25.1 Å². The number of benzene rings is 3. The minimum absolute atomic E-state index is 0.0369. The lowest BCUT2D eigenvalue weighted by Crippen LogP contribution is -2.29. The summed E-state index contributed by atoms with van der Waals surface area (Å²) in [5, 5.41) is 12.1. The first-order valence-electron chi connectivity index (χ1n) is 12.5. The van der Waals surface area contributed by atoms with Crippen LogP contribution in [0.4, 0.5) is 0 Å². The molecule has 1 fully saturated rings. The van der Waals surface area contributed by atoms with Crippen molar-refractivity contribution in [2.24, 2.45) is 0 Å². The van der Waals surface area contributed by atoms with Crippen molar-refractivity contribution in [3.05, 3.63) is 99.6 Å². The van der Waals surface area contributed by atoms with E-state index in [0.29, 0.717) is 34.3 Å². The quantitative estimate of drug-likeness (QED) is 0.208. The van der Waals surface area contributed by atoms with E-state index < -0.39 is 17.7 Å². The largest absolute Gasteiger partial charge is 0.507 e. The molecule has 1 aliphatic rings. The second-order valence-electron chi connectivity index (χ2n) is 10.2. The van der Waals surface area contributed by atoms with Crippen LogP contribution in [0.25, 0.3) is 5.76 Å². The number of aliphatic hydroxyl groups excluding tert-OH is 1. The molecular weight excluding hydrogens is 502 g/mol. The zero-order valence-corrected chi connectivity index (χ0v) is 23.0. The number of hydrogen-bond acceptors (Lipinski definition) is 5. The number of carbonyl (C=O) groups excluding carboxylic acids is 2. The van der Waals surface area contributed by atoms with Gasteiger partial charge in [0.25, 0.3) is 11.7 Å². The van der Waals surface area contributed by atoms with Gasteiger partial charge in [0.2, 0.25) is 0 Å².